The normalized spacial score (nSPS) is 10.5. The Bertz CT molecular complexity index is 629. The summed E-state index contributed by atoms with van der Waals surface area (Å²) in [5, 5.41) is 0. The van der Waals surface area contributed by atoms with Gasteiger partial charge in [-0.2, -0.15) is 0 Å². The summed E-state index contributed by atoms with van der Waals surface area (Å²) in [5.74, 6) is 0.866. The molecule has 100 valence electrons. The fourth-order valence-corrected chi connectivity index (χ4v) is 2.26. The van der Waals surface area contributed by atoms with Gasteiger partial charge in [0.05, 0.1) is 12.3 Å². The van der Waals surface area contributed by atoms with Gasteiger partial charge in [0.15, 0.2) is 0 Å². The molecule has 1 aromatic carbocycles. The Hall–Kier alpha value is -2.03. The predicted octanol–water partition coefficient (Wildman–Crippen LogP) is 3.24. The van der Waals surface area contributed by atoms with Crippen LogP contribution in [-0.2, 0) is 6.54 Å². The number of hydrogen-bond acceptors (Lipinski definition) is 2. The molecule has 0 aliphatic heterocycles. The van der Waals surface area contributed by atoms with Crippen LogP contribution in [0, 0.1) is 6.92 Å². The highest BCUT2D eigenvalue weighted by Crippen LogP contribution is 2.26. The van der Waals surface area contributed by atoms with E-state index in [0.717, 1.165) is 22.6 Å². The lowest BCUT2D eigenvalue weighted by Gasteiger charge is -2.14. The molecule has 0 unspecified atom stereocenters. The van der Waals surface area contributed by atoms with Crippen LogP contribution in [0.5, 0.6) is 5.75 Å². The van der Waals surface area contributed by atoms with Crippen molar-refractivity contribution in [3.8, 4) is 17.0 Å². The molecule has 1 aromatic heterocycles. The molecule has 0 radical (unpaired) electrons. The molecule has 0 fully saturated rings. The summed E-state index contributed by atoms with van der Waals surface area (Å²) in [4.78, 5) is 11.9. The monoisotopic (exact) mass is 257 g/mol. The molecule has 0 aliphatic carbocycles. The predicted molar refractivity (Wildman–Crippen MR) is 77.7 cm³/mol. The van der Waals surface area contributed by atoms with Crippen LogP contribution < -0.4 is 10.3 Å². The maximum absolute atomic E-state index is 11.9. The van der Waals surface area contributed by atoms with Gasteiger partial charge in [-0.05, 0) is 50.6 Å². The van der Waals surface area contributed by atoms with E-state index in [0.29, 0.717) is 13.2 Å². The van der Waals surface area contributed by atoms with Crippen LogP contribution in [0.15, 0.2) is 41.2 Å². The lowest BCUT2D eigenvalue weighted by Crippen LogP contribution is -2.19. The standard InChI is InChI=1S/C16H19NO2/c1-4-17-15(7-6-8-16(17)18)14-10-9-13(19-5-2)11-12(14)3/h6-11H,4-5H2,1-3H3. The van der Waals surface area contributed by atoms with E-state index in [1.54, 1.807) is 16.7 Å². The Morgan fingerprint density at radius 3 is 2.58 bits per heavy atom. The Morgan fingerprint density at radius 2 is 1.95 bits per heavy atom. The molecule has 2 aromatic rings. The second-order valence-corrected chi connectivity index (χ2v) is 4.40. The second kappa shape index (κ2) is 5.74. The van der Waals surface area contributed by atoms with Crippen LogP contribution in [0.3, 0.4) is 0 Å². The molecule has 0 amide bonds. The SMILES string of the molecule is CCOc1ccc(-c2cccc(=O)n2CC)c(C)c1. The molecule has 0 saturated carbocycles. The molecule has 2 rings (SSSR count). The Balaban J connectivity index is 2.53. The number of benzene rings is 1. The number of rotatable bonds is 4. The Labute approximate surface area is 113 Å². The lowest BCUT2D eigenvalue weighted by atomic mass is 10.0. The van der Waals surface area contributed by atoms with Crippen molar-refractivity contribution in [3.63, 3.8) is 0 Å². The van der Waals surface area contributed by atoms with Crippen LogP contribution >= 0.6 is 0 Å². The quantitative estimate of drug-likeness (QED) is 0.842. The maximum Gasteiger partial charge on any atom is 0.250 e. The van der Waals surface area contributed by atoms with E-state index in [9.17, 15) is 4.79 Å². The third-order valence-corrected chi connectivity index (χ3v) is 3.15. The maximum atomic E-state index is 11.9. The summed E-state index contributed by atoms with van der Waals surface area (Å²) in [6.45, 7) is 7.31. The fraction of sp³-hybridized carbons (Fsp3) is 0.312. The van der Waals surface area contributed by atoms with Crippen molar-refractivity contribution in [2.75, 3.05) is 6.61 Å². The first-order chi connectivity index (χ1) is 9.17. The van der Waals surface area contributed by atoms with E-state index in [1.807, 2.05) is 45.0 Å². The van der Waals surface area contributed by atoms with E-state index in [1.165, 1.54) is 0 Å². The first-order valence-electron chi connectivity index (χ1n) is 6.61. The minimum atomic E-state index is 0.0354. The number of nitrogens with zero attached hydrogens (tertiary/aromatic N) is 1. The molecule has 0 spiro atoms. The summed E-state index contributed by atoms with van der Waals surface area (Å²) in [6.07, 6.45) is 0. The number of pyridine rings is 1. The molecule has 19 heavy (non-hydrogen) atoms. The summed E-state index contributed by atoms with van der Waals surface area (Å²) in [5.41, 5.74) is 3.17. The number of aryl methyl sites for hydroxylation is 1. The van der Waals surface area contributed by atoms with Gasteiger partial charge in [-0.15, -0.1) is 0 Å². The van der Waals surface area contributed by atoms with E-state index >= 15 is 0 Å². The Kier molecular flexibility index (Phi) is 4.05. The minimum absolute atomic E-state index is 0.0354. The van der Waals surface area contributed by atoms with Gasteiger partial charge in [0.1, 0.15) is 5.75 Å². The van der Waals surface area contributed by atoms with Gasteiger partial charge in [0.25, 0.3) is 5.56 Å². The molecule has 0 aliphatic rings. The van der Waals surface area contributed by atoms with E-state index in [4.69, 9.17) is 4.74 Å². The van der Waals surface area contributed by atoms with Crippen LogP contribution in [0.2, 0.25) is 0 Å². The molecular formula is C16H19NO2. The van der Waals surface area contributed by atoms with Crippen molar-refractivity contribution in [2.24, 2.45) is 0 Å². The molecule has 1 heterocycles. The summed E-state index contributed by atoms with van der Waals surface area (Å²) in [7, 11) is 0. The van der Waals surface area contributed by atoms with Crippen molar-refractivity contribution >= 4 is 0 Å². The molecule has 0 atom stereocenters. The van der Waals surface area contributed by atoms with Crippen molar-refractivity contribution in [1.82, 2.24) is 4.57 Å². The topological polar surface area (TPSA) is 31.2 Å². The van der Waals surface area contributed by atoms with Gasteiger partial charge < -0.3 is 9.30 Å². The average Bonchev–Trinajstić information content (AvgIpc) is 2.39. The van der Waals surface area contributed by atoms with Gasteiger partial charge in [-0.3, -0.25) is 4.79 Å². The van der Waals surface area contributed by atoms with Gasteiger partial charge in [-0.25, -0.2) is 0 Å². The van der Waals surface area contributed by atoms with Crippen LogP contribution in [0.25, 0.3) is 11.3 Å². The van der Waals surface area contributed by atoms with Gasteiger partial charge in [0.2, 0.25) is 0 Å². The zero-order chi connectivity index (χ0) is 13.8. The smallest absolute Gasteiger partial charge is 0.250 e. The summed E-state index contributed by atoms with van der Waals surface area (Å²) < 4.78 is 7.27. The summed E-state index contributed by atoms with van der Waals surface area (Å²) in [6, 6.07) is 11.4. The van der Waals surface area contributed by atoms with E-state index < -0.39 is 0 Å². The second-order valence-electron chi connectivity index (χ2n) is 4.40. The zero-order valence-corrected chi connectivity index (χ0v) is 11.6. The molecule has 0 bridgehead atoms. The molecule has 3 nitrogen and oxygen atoms in total. The van der Waals surface area contributed by atoms with Crippen molar-refractivity contribution in [1.29, 1.82) is 0 Å². The number of ether oxygens (including phenoxy) is 1. The Morgan fingerprint density at radius 1 is 1.16 bits per heavy atom. The largest absolute Gasteiger partial charge is 0.494 e. The highest BCUT2D eigenvalue weighted by molar-refractivity contribution is 5.65. The first-order valence-corrected chi connectivity index (χ1v) is 6.61. The summed E-state index contributed by atoms with van der Waals surface area (Å²) >= 11 is 0. The van der Waals surface area contributed by atoms with Crippen molar-refractivity contribution in [3.05, 3.63) is 52.3 Å². The lowest BCUT2D eigenvalue weighted by molar-refractivity contribution is 0.340. The third-order valence-electron chi connectivity index (χ3n) is 3.15. The van der Waals surface area contributed by atoms with Gasteiger partial charge in [0, 0.05) is 18.2 Å². The zero-order valence-electron chi connectivity index (χ0n) is 11.6. The number of hydrogen-bond donors (Lipinski definition) is 0. The third kappa shape index (κ3) is 2.70. The first kappa shape index (κ1) is 13.4. The van der Waals surface area contributed by atoms with Crippen LogP contribution in [0.1, 0.15) is 19.4 Å². The van der Waals surface area contributed by atoms with E-state index in [2.05, 4.69) is 0 Å². The van der Waals surface area contributed by atoms with Crippen LogP contribution in [0.4, 0.5) is 0 Å². The van der Waals surface area contributed by atoms with Crippen molar-refractivity contribution < 1.29 is 4.74 Å². The molecule has 3 heteroatoms. The van der Waals surface area contributed by atoms with Crippen LogP contribution in [-0.4, -0.2) is 11.2 Å². The number of aromatic nitrogens is 1. The minimum Gasteiger partial charge on any atom is -0.494 e. The highest BCUT2D eigenvalue weighted by Gasteiger charge is 2.08. The molecule has 0 N–H and O–H groups in total. The van der Waals surface area contributed by atoms with Gasteiger partial charge in [-0.1, -0.05) is 6.07 Å². The van der Waals surface area contributed by atoms with Gasteiger partial charge >= 0.3 is 0 Å². The molecule has 0 saturated heterocycles. The highest BCUT2D eigenvalue weighted by atomic mass is 16.5. The fourth-order valence-electron chi connectivity index (χ4n) is 2.26. The average molecular weight is 257 g/mol. The molecular weight excluding hydrogens is 238 g/mol. The van der Waals surface area contributed by atoms with E-state index in [-0.39, 0.29) is 5.56 Å². The van der Waals surface area contributed by atoms with Crippen molar-refractivity contribution in [2.45, 2.75) is 27.3 Å².